The van der Waals surface area contributed by atoms with E-state index in [9.17, 15) is 19.8 Å². The molecule has 0 fully saturated rings. The number of carbonyl (C=O) groups excluding carboxylic acids is 2. The fourth-order valence-electron chi connectivity index (χ4n) is 3.29. The molecule has 6 rings (SSSR count). The van der Waals surface area contributed by atoms with Crippen molar-refractivity contribution in [3.05, 3.63) is 142 Å². The van der Waals surface area contributed by atoms with Crippen molar-refractivity contribution in [2.75, 3.05) is 0 Å². The first-order valence-corrected chi connectivity index (χ1v) is 14.1. The van der Waals surface area contributed by atoms with Gasteiger partial charge in [0.05, 0.1) is 23.3 Å². The van der Waals surface area contributed by atoms with Crippen molar-refractivity contribution >= 4 is 11.9 Å². The van der Waals surface area contributed by atoms with Crippen molar-refractivity contribution < 1.29 is 58.8 Å². The Balaban J connectivity index is 0. The molecule has 4 heterocycles. The van der Waals surface area contributed by atoms with E-state index in [0.29, 0.717) is 0 Å². The summed E-state index contributed by atoms with van der Waals surface area (Å²) in [6.07, 6.45) is 0. The van der Waals surface area contributed by atoms with Gasteiger partial charge in [-0.2, -0.15) is 10.2 Å². The minimum absolute atomic E-state index is 0. The van der Waals surface area contributed by atoms with Gasteiger partial charge < -0.3 is 40.2 Å². The summed E-state index contributed by atoms with van der Waals surface area (Å²) in [4.78, 5) is 20.2. The molecule has 0 radical (unpaired) electrons. The van der Waals surface area contributed by atoms with E-state index < -0.39 is 11.9 Å². The van der Waals surface area contributed by atoms with E-state index in [4.69, 9.17) is 0 Å². The van der Waals surface area contributed by atoms with Crippen LogP contribution >= 0.6 is 0 Å². The normalized spacial score (nSPS) is 8.83. The number of H-pyrrole nitrogens is 2. The molecule has 244 valence electrons. The van der Waals surface area contributed by atoms with E-state index in [1.807, 2.05) is 79.7 Å². The number of rotatable bonds is 2. The zero-order valence-electron chi connectivity index (χ0n) is 28.8. The molecule has 2 N–H and O–H groups in total. The van der Waals surface area contributed by atoms with Crippen LogP contribution in [0.5, 0.6) is 0 Å². The summed E-state index contributed by atoms with van der Waals surface area (Å²) in [7, 11) is 0. The standard InChI is InChI=1S/2C7H6O2.2C5H8N2.2C5H7N2.2Zn/c2*8-7(9)6-4-2-1-3-5-6;4*1-4-3-5(2)7-6-4;;/h2*1-5H,(H,8,9);2*3H,1-2H3,(H,6,7);2*3H,1-2H3;;/q;;;;2*-1;2*+2/p-2. The average molecular weight is 756 g/mol. The number of aromatic nitrogens is 8. The van der Waals surface area contributed by atoms with Crippen LogP contribution in [-0.4, -0.2) is 42.5 Å². The Morgan fingerprint density at radius 2 is 0.833 bits per heavy atom. The summed E-state index contributed by atoms with van der Waals surface area (Å²) in [5, 5.41) is 48.7. The Kier molecular flexibility index (Phi) is 24.3. The molecule has 0 atom stereocenters. The largest absolute Gasteiger partial charge is 2.00 e. The van der Waals surface area contributed by atoms with E-state index in [2.05, 4.69) is 40.8 Å². The number of nitrogens with zero attached hydrogens (tertiary/aromatic N) is 6. The summed E-state index contributed by atoms with van der Waals surface area (Å²) in [5.41, 5.74) is 8.78. The Morgan fingerprint density at radius 1 is 0.521 bits per heavy atom. The third-order valence-corrected chi connectivity index (χ3v) is 5.25. The number of aromatic carboxylic acids is 2. The SMILES string of the molecule is Cc1cc(C)[n-]n1.Cc1cc(C)[n-]n1.Cc1cc(C)[nH]n1.Cc1cc(C)[nH]n1.O=C([O-])c1ccccc1.O=C([O-])c1ccccc1.[Zn+2].[Zn+2]. The van der Waals surface area contributed by atoms with Gasteiger partial charge in [0.15, 0.2) is 0 Å². The van der Waals surface area contributed by atoms with Crippen molar-refractivity contribution in [1.29, 1.82) is 0 Å². The molecule has 0 amide bonds. The zero-order valence-corrected chi connectivity index (χ0v) is 34.7. The van der Waals surface area contributed by atoms with E-state index in [1.165, 1.54) is 24.3 Å². The van der Waals surface area contributed by atoms with Crippen LogP contribution in [0.15, 0.2) is 84.9 Å². The van der Waals surface area contributed by atoms with Gasteiger partial charge in [0, 0.05) is 22.8 Å². The average Bonchev–Trinajstić information content (AvgIpc) is 3.81. The molecular weight excluding hydrogens is 715 g/mol. The number of hydrogen-bond donors (Lipinski definition) is 2. The van der Waals surface area contributed by atoms with Crippen molar-refractivity contribution in [2.24, 2.45) is 0 Å². The smallest absolute Gasteiger partial charge is 0.579 e. The van der Waals surface area contributed by atoms with Gasteiger partial charge in [-0.3, -0.25) is 10.2 Å². The molecule has 0 saturated carbocycles. The zero-order chi connectivity index (χ0) is 34.5. The molecule has 12 nitrogen and oxygen atoms in total. The fourth-order valence-corrected chi connectivity index (χ4v) is 3.29. The van der Waals surface area contributed by atoms with Gasteiger partial charge in [0.25, 0.3) is 0 Å². The Bertz CT molecular complexity index is 1430. The van der Waals surface area contributed by atoms with Crippen LogP contribution < -0.4 is 20.4 Å². The monoisotopic (exact) mass is 752 g/mol. The second-order valence-corrected chi connectivity index (χ2v) is 9.95. The molecule has 0 unspecified atom stereocenters. The van der Waals surface area contributed by atoms with Gasteiger partial charge >= 0.3 is 39.0 Å². The molecule has 14 heteroatoms. The van der Waals surface area contributed by atoms with E-state index in [0.717, 1.165) is 45.6 Å². The first-order valence-electron chi connectivity index (χ1n) is 14.1. The molecule has 0 saturated heterocycles. The van der Waals surface area contributed by atoms with Gasteiger partial charge in [-0.05, 0) is 64.8 Å². The predicted molar refractivity (Wildman–Crippen MR) is 172 cm³/mol. The van der Waals surface area contributed by atoms with E-state index >= 15 is 0 Å². The summed E-state index contributed by atoms with van der Waals surface area (Å²) < 4.78 is 0. The first-order chi connectivity index (χ1) is 21.8. The van der Waals surface area contributed by atoms with Gasteiger partial charge in [-0.15, -0.1) is 11.4 Å². The number of aromatic amines is 2. The Morgan fingerprint density at radius 3 is 0.938 bits per heavy atom. The van der Waals surface area contributed by atoms with E-state index in [-0.39, 0.29) is 50.1 Å². The van der Waals surface area contributed by atoms with Crippen LogP contribution in [-0.2, 0) is 39.0 Å². The minimum atomic E-state index is -1.13. The Labute approximate surface area is 307 Å². The quantitative estimate of drug-likeness (QED) is 0.248. The molecular formula is C34H40N8O4Zn2. The number of aryl methyl sites for hydroxylation is 8. The second kappa shape index (κ2) is 25.5. The van der Waals surface area contributed by atoms with Crippen LogP contribution in [0.1, 0.15) is 66.3 Å². The number of carboxylic acids is 2. The van der Waals surface area contributed by atoms with Crippen LogP contribution in [0.25, 0.3) is 0 Å². The fraction of sp³-hybridized carbons (Fsp3) is 0.235. The topological polar surface area (TPSA) is 192 Å². The van der Waals surface area contributed by atoms with Gasteiger partial charge in [-0.1, -0.05) is 86.6 Å². The van der Waals surface area contributed by atoms with Crippen molar-refractivity contribution in [1.82, 2.24) is 40.8 Å². The van der Waals surface area contributed by atoms with Crippen LogP contribution in [0, 0.1) is 55.4 Å². The van der Waals surface area contributed by atoms with Gasteiger partial charge in [0.2, 0.25) is 0 Å². The molecule has 0 aliphatic rings. The number of nitrogens with one attached hydrogen (secondary N) is 2. The maximum atomic E-state index is 10.1. The molecule has 4 aromatic heterocycles. The third kappa shape index (κ3) is 22.1. The molecule has 0 bridgehead atoms. The van der Waals surface area contributed by atoms with Crippen molar-refractivity contribution in [3.8, 4) is 0 Å². The van der Waals surface area contributed by atoms with Crippen LogP contribution in [0.2, 0.25) is 0 Å². The molecule has 2 aromatic carbocycles. The molecule has 0 aliphatic heterocycles. The molecule has 6 aromatic rings. The summed E-state index contributed by atoms with van der Waals surface area (Å²) in [5.74, 6) is -2.26. The second-order valence-electron chi connectivity index (χ2n) is 9.95. The predicted octanol–water partition coefficient (Wildman–Crippen LogP) is 3.46. The number of benzene rings is 2. The number of hydrogen-bond acceptors (Lipinski definition) is 8. The summed E-state index contributed by atoms with van der Waals surface area (Å²) in [6.45, 7) is 15.6. The molecule has 0 aliphatic carbocycles. The number of carboxylic acid groups (broad SMARTS) is 2. The van der Waals surface area contributed by atoms with Crippen LogP contribution in [0.4, 0.5) is 0 Å². The molecule has 48 heavy (non-hydrogen) atoms. The molecule has 0 spiro atoms. The summed E-state index contributed by atoms with van der Waals surface area (Å²) >= 11 is 0. The van der Waals surface area contributed by atoms with Gasteiger partial charge in [-0.25, -0.2) is 0 Å². The van der Waals surface area contributed by atoms with Crippen molar-refractivity contribution in [3.63, 3.8) is 0 Å². The van der Waals surface area contributed by atoms with E-state index in [1.54, 1.807) is 36.4 Å². The van der Waals surface area contributed by atoms with Gasteiger partial charge in [0.1, 0.15) is 0 Å². The minimum Gasteiger partial charge on any atom is -0.579 e. The number of carbonyl (C=O) groups is 2. The summed E-state index contributed by atoms with van der Waals surface area (Å²) in [6, 6.07) is 24.0. The maximum absolute atomic E-state index is 10.1. The van der Waals surface area contributed by atoms with Crippen LogP contribution in [0.3, 0.4) is 0 Å². The third-order valence-electron chi connectivity index (χ3n) is 5.25. The maximum Gasteiger partial charge on any atom is 2.00 e. The Hall–Kier alpha value is -4.53. The first kappa shape index (κ1) is 45.6. The van der Waals surface area contributed by atoms with Crippen molar-refractivity contribution in [2.45, 2.75) is 55.4 Å².